The maximum absolute atomic E-state index is 12.0. The molecular weight excluding hydrogens is 328 g/mol. The summed E-state index contributed by atoms with van der Waals surface area (Å²) in [6, 6.07) is 11.2. The van der Waals surface area contributed by atoms with Gasteiger partial charge in [0.2, 0.25) is 5.91 Å². The summed E-state index contributed by atoms with van der Waals surface area (Å²) in [5.74, 6) is 0.374. The first kappa shape index (κ1) is 16.3. The number of phenolic OH excluding ortho intramolecular Hbond substituents is 1. The third-order valence-electron chi connectivity index (χ3n) is 5.19. The number of nitrogens with zero attached hydrogens (tertiary/aromatic N) is 3. The second kappa shape index (κ2) is 6.29. The summed E-state index contributed by atoms with van der Waals surface area (Å²) in [5.41, 5.74) is 3.04. The Morgan fingerprint density at radius 2 is 2.15 bits per heavy atom. The highest BCUT2D eigenvalue weighted by atomic mass is 16.3. The van der Waals surface area contributed by atoms with Crippen LogP contribution in [0.3, 0.4) is 0 Å². The van der Waals surface area contributed by atoms with Crippen LogP contribution in [0.2, 0.25) is 0 Å². The number of H-pyrrole nitrogens is 1. The summed E-state index contributed by atoms with van der Waals surface area (Å²) in [6.07, 6.45) is 2.27. The van der Waals surface area contributed by atoms with E-state index in [-0.39, 0.29) is 23.6 Å². The van der Waals surface area contributed by atoms with E-state index < -0.39 is 0 Å². The topological polar surface area (TPSA) is 82.1 Å². The molecule has 1 aromatic carbocycles. The summed E-state index contributed by atoms with van der Waals surface area (Å²) in [7, 11) is 0. The molecule has 26 heavy (non-hydrogen) atoms. The number of para-hydroxylation sites is 1. The number of fused-ring (bicyclic) bond motifs is 1. The molecule has 0 saturated carbocycles. The lowest BCUT2D eigenvalue weighted by Crippen LogP contribution is -2.34. The van der Waals surface area contributed by atoms with Crippen LogP contribution in [0.1, 0.15) is 25.0 Å². The van der Waals surface area contributed by atoms with E-state index in [9.17, 15) is 9.90 Å². The molecule has 2 N–H and O–H groups in total. The molecule has 0 spiro atoms. The van der Waals surface area contributed by atoms with Crippen LogP contribution in [0.25, 0.3) is 22.3 Å². The van der Waals surface area contributed by atoms with E-state index in [0.29, 0.717) is 16.9 Å². The standard InChI is InChI=1S/C20H20N4O2/c1-3-19(26)24-9-8-14(12(24)2)16-10-13-11-17(22-23-20(13)21-16)15-6-4-5-7-18(15)25/h3-7,10-12,14,25H,1,8-9H2,2H3,(H,21,23)/t12-,14-/m1/s1. The second-order valence-corrected chi connectivity index (χ2v) is 6.65. The van der Waals surface area contributed by atoms with Crippen molar-refractivity contribution in [2.24, 2.45) is 0 Å². The Hall–Kier alpha value is -3.15. The van der Waals surface area contributed by atoms with Crippen molar-refractivity contribution in [1.82, 2.24) is 20.1 Å². The van der Waals surface area contributed by atoms with E-state index in [2.05, 4.69) is 34.8 Å². The molecular formula is C20H20N4O2. The Morgan fingerprint density at radius 3 is 2.92 bits per heavy atom. The number of rotatable bonds is 3. The zero-order valence-corrected chi connectivity index (χ0v) is 14.5. The van der Waals surface area contributed by atoms with Crippen molar-refractivity contribution in [2.75, 3.05) is 6.54 Å². The third-order valence-corrected chi connectivity index (χ3v) is 5.19. The number of nitrogens with one attached hydrogen (secondary N) is 1. The minimum atomic E-state index is -0.0299. The maximum Gasteiger partial charge on any atom is 0.246 e. The van der Waals surface area contributed by atoms with Crippen molar-refractivity contribution in [2.45, 2.75) is 25.3 Å². The Labute approximate surface area is 151 Å². The third kappa shape index (κ3) is 2.63. The van der Waals surface area contributed by atoms with Crippen LogP contribution in [0.15, 0.2) is 49.1 Å². The molecule has 1 saturated heterocycles. The molecule has 6 heteroatoms. The molecule has 3 heterocycles. The molecule has 2 aromatic heterocycles. The Balaban J connectivity index is 1.68. The van der Waals surface area contributed by atoms with Crippen molar-refractivity contribution < 1.29 is 9.90 Å². The summed E-state index contributed by atoms with van der Waals surface area (Å²) in [6.45, 7) is 6.36. The number of amides is 1. The highest BCUT2D eigenvalue weighted by Crippen LogP contribution is 2.35. The molecule has 0 radical (unpaired) electrons. The maximum atomic E-state index is 12.0. The number of carbonyl (C=O) groups is 1. The van der Waals surface area contributed by atoms with Gasteiger partial charge in [0.25, 0.3) is 0 Å². The van der Waals surface area contributed by atoms with E-state index in [1.807, 2.05) is 23.1 Å². The second-order valence-electron chi connectivity index (χ2n) is 6.65. The molecule has 1 aliphatic heterocycles. The van der Waals surface area contributed by atoms with Crippen LogP contribution in [0.5, 0.6) is 5.75 Å². The fraction of sp³-hybridized carbons (Fsp3) is 0.250. The first-order valence-electron chi connectivity index (χ1n) is 8.66. The average Bonchev–Trinajstić information content (AvgIpc) is 3.24. The molecule has 2 atom stereocenters. The quantitative estimate of drug-likeness (QED) is 0.712. The summed E-state index contributed by atoms with van der Waals surface area (Å²) < 4.78 is 0. The van der Waals surface area contributed by atoms with Crippen LogP contribution in [0.4, 0.5) is 0 Å². The monoisotopic (exact) mass is 348 g/mol. The van der Waals surface area contributed by atoms with Gasteiger partial charge in [0.15, 0.2) is 5.65 Å². The highest BCUT2D eigenvalue weighted by molar-refractivity contribution is 5.87. The number of aromatic nitrogens is 3. The van der Waals surface area contributed by atoms with E-state index in [0.717, 1.165) is 24.0 Å². The van der Waals surface area contributed by atoms with Gasteiger partial charge >= 0.3 is 0 Å². The Kier molecular flexibility index (Phi) is 3.95. The molecule has 132 valence electrons. The lowest BCUT2D eigenvalue weighted by molar-refractivity contribution is -0.126. The van der Waals surface area contributed by atoms with Gasteiger partial charge in [0.1, 0.15) is 5.75 Å². The highest BCUT2D eigenvalue weighted by Gasteiger charge is 2.34. The number of hydrogen-bond acceptors (Lipinski definition) is 4. The largest absolute Gasteiger partial charge is 0.507 e. The van der Waals surface area contributed by atoms with Crippen LogP contribution < -0.4 is 0 Å². The first-order chi connectivity index (χ1) is 12.6. The number of aromatic hydroxyl groups is 1. The van der Waals surface area contributed by atoms with Crippen molar-refractivity contribution in [3.05, 3.63) is 54.7 Å². The fourth-order valence-corrected chi connectivity index (χ4v) is 3.76. The van der Waals surface area contributed by atoms with Crippen molar-refractivity contribution in [3.8, 4) is 17.0 Å². The van der Waals surface area contributed by atoms with Gasteiger partial charge in [0, 0.05) is 35.1 Å². The average molecular weight is 348 g/mol. The van der Waals surface area contributed by atoms with Crippen LogP contribution in [0, 0.1) is 0 Å². The number of benzene rings is 1. The molecule has 0 unspecified atom stereocenters. The molecule has 1 aliphatic rings. The fourth-order valence-electron chi connectivity index (χ4n) is 3.76. The van der Waals surface area contributed by atoms with E-state index in [1.54, 1.807) is 12.1 Å². The van der Waals surface area contributed by atoms with Gasteiger partial charge in [-0.1, -0.05) is 18.7 Å². The number of likely N-dealkylation sites (tertiary alicyclic amines) is 1. The molecule has 1 fully saturated rings. The zero-order chi connectivity index (χ0) is 18.3. The summed E-state index contributed by atoms with van der Waals surface area (Å²) in [5, 5.41) is 19.5. The van der Waals surface area contributed by atoms with Crippen LogP contribution in [-0.2, 0) is 4.79 Å². The van der Waals surface area contributed by atoms with Gasteiger partial charge < -0.3 is 15.0 Å². The first-order valence-corrected chi connectivity index (χ1v) is 8.66. The van der Waals surface area contributed by atoms with E-state index in [1.165, 1.54) is 6.08 Å². The number of hydrogen-bond donors (Lipinski definition) is 2. The predicted octanol–water partition coefficient (Wildman–Crippen LogP) is 3.22. The number of phenols is 1. The molecule has 1 amide bonds. The lowest BCUT2D eigenvalue weighted by Gasteiger charge is -2.23. The number of carbonyl (C=O) groups excluding carboxylic acids is 1. The van der Waals surface area contributed by atoms with Gasteiger partial charge in [-0.3, -0.25) is 4.79 Å². The van der Waals surface area contributed by atoms with Crippen molar-refractivity contribution in [1.29, 1.82) is 0 Å². The van der Waals surface area contributed by atoms with Crippen LogP contribution >= 0.6 is 0 Å². The zero-order valence-electron chi connectivity index (χ0n) is 14.5. The lowest BCUT2D eigenvalue weighted by atomic mass is 9.98. The van der Waals surface area contributed by atoms with Gasteiger partial charge in [0.05, 0.1) is 5.69 Å². The molecule has 0 bridgehead atoms. The van der Waals surface area contributed by atoms with Gasteiger partial charge in [-0.05, 0) is 43.7 Å². The minimum absolute atomic E-state index is 0.0299. The molecule has 6 nitrogen and oxygen atoms in total. The van der Waals surface area contributed by atoms with Gasteiger partial charge in [-0.2, -0.15) is 0 Å². The molecule has 4 rings (SSSR count). The molecule has 0 aliphatic carbocycles. The van der Waals surface area contributed by atoms with Crippen LogP contribution in [-0.4, -0.2) is 43.7 Å². The SMILES string of the molecule is C=CC(=O)N1CC[C@@H](c2cc3cc(-c4ccccc4O)nnc3[nH]2)[C@H]1C. The van der Waals surface area contributed by atoms with Crippen molar-refractivity contribution >= 4 is 16.9 Å². The smallest absolute Gasteiger partial charge is 0.246 e. The summed E-state index contributed by atoms with van der Waals surface area (Å²) in [4.78, 5) is 17.1. The van der Waals surface area contributed by atoms with E-state index in [4.69, 9.17) is 0 Å². The summed E-state index contributed by atoms with van der Waals surface area (Å²) >= 11 is 0. The number of aromatic amines is 1. The molecule has 3 aromatic rings. The Morgan fingerprint density at radius 1 is 1.35 bits per heavy atom. The predicted molar refractivity (Wildman–Crippen MR) is 99.7 cm³/mol. The van der Waals surface area contributed by atoms with Gasteiger partial charge in [-0.15, -0.1) is 10.2 Å². The normalized spacial score (nSPS) is 19.8. The Bertz CT molecular complexity index is 994. The van der Waals surface area contributed by atoms with Crippen molar-refractivity contribution in [3.63, 3.8) is 0 Å². The minimum Gasteiger partial charge on any atom is -0.507 e. The van der Waals surface area contributed by atoms with Gasteiger partial charge in [-0.25, -0.2) is 0 Å². The van der Waals surface area contributed by atoms with E-state index >= 15 is 0 Å².